The van der Waals surface area contributed by atoms with Crippen LogP contribution in [-0.2, 0) is 24.1 Å². The smallest absolute Gasteiger partial charge is 0.259 e. The van der Waals surface area contributed by atoms with E-state index in [9.17, 15) is 9.59 Å². The minimum Gasteiger partial charge on any atom is -0.339 e. The average molecular weight is 476 g/mol. The minimum absolute atomic E-state index is 0.0485. The Morgan fingerprint density at radius 3 is 2.71 bits per heavy atom. The van der Waals surface area contributed by atoms with Gasteiger partial charge in [0.25, 0.3) is 5.56 Å². The summed E-state index contributed by atoms with van der Waals surface area (Å²) in [5.74, 6) is 1.36. The molecular weight excluding hydrogens is 442 g/mol. The maximum absolute atomic E-state index is 12.9. The van der Waals surface area contributed by atoms with Crippen LogP contribution in [0.25, 0.3) is 15.8 Å². The lowest BCUT2D eigenvalue weighted by atomic mass is 9.72. The molecule has 1 N–H and O–H groups in total. The summed E-state index contributed by atoms with van der Waals surface area (Å²) >= 11 is 1.67. The zero-order valence-electron chi connectivity index (χ0n) is 20.3. The Bertz CT molecular complexity index is 1300. The third-order valence-electron chi connectivity index (χ3n) is 7.47. The third-order valence-corrected chi connectivity index (χ3v) is 8.62. The van der Waals surface area contributed by atoms with Crippen LogP contribution in [0, 0.1) is 11.3 Å². The lowest BCUT2D eigenvalue weighted by Crippen LogP contribution is -2.35. The first kappa shape index (κ1) is 23.0. The Morgan fingerprint density at radius 2 is 2.00 bits per heavy atom. The number of nitrogens with zero attached hydrogens (tertiary/aromatic N) is 2. The second-order valence-electron chi connectivity index (χ2n) is 10.7. The molecule has 1 aromatic carbocycles. The number of aromatic nitrogens is 2. The van der Waals surface area contributed by atoms with E-state index in [4.69, 9.17) is 4.98 Å². The first-order valence-electron chi connectivity index (χ1n) is 12.4. The van der Waals surface area contributed by atoms with Gasteiger partial charge >= 0.3 is 0 Å². The van der Waals surface area contributed by atoms with Gasteiger partial charge in [-0.3, -0.25) is 9.59 Å². The molecule has 2 aliphatic rings. The molecule has 6 heteroatoms. The van der Waals surface area contributed by atoms with Crippen molar-refractivity contribution in [3.63, 3.8) is 0 Å². The van der Waals surface area contributed by atoms with Crippen molar-refractivity contribution in [2.24, 2.45) is 11.3 Å². The number of carbonyl (C=O) groups excluding carboxylic acids is 1. The van der Waals surface area contributed by atoms with Gasteiger partial charge in [-0.15, -0.1) is 11.3 Å². The molecule has 178 valence electrons. The summed E-state index contributed by atoms with van der Waals surface area (Å²) < 4.78 is 0. The molecule has 1 amide bonds. The number of amides is 1. The summed E-state index contributed by atoms with van der Waals surface area (Å²) in [4.78, 5) is 37.6. The zero-order chi connectivity index (χ0) is 23.9. The predicted octanol–water partition coefficient (Wildman–Crippen LogP) is 5.38. The highest BCUT2D eigenvalue weighted by molar-refractivity contribution is 7.18. The molecule has 1 aliphatic heterocycles. The first-order chi connectivity index (χ1) is 16.3. The van der Waals surface area contributed by atoms with Crippen molar-refractivity contribution >= 4 is 33.0 Å². The van der Waals surface area contributed by atoms with E-state index in [1.165, 1.54) is 21.6 Å². The van der Waals surface area contributed by atoms with Gasteiger partial charge in [0.1, 0.15) is 10.7 Å². The summed E-state index contributed by atoms with van der Waals surface area (Å²) in [6, 6.07) is 10.4. The summed E-state index contributed by atoms with van der Waals surface area (Å²) in [5.41, 5.74) is 3.96. The standard InChI is InChI=1S/C28H33N3O2S/c1-28(2,3)20-9-10-21-22(17-20)34-27-25(21)26(33)29-23(30-27)11-12-24(32)31-15-13-19(14-16-31)18-7-5-4-6-8-18/h4-8,13,20H,9-12,14-17H2,1-3H3,(H,29,30,33)/t20-/m1/s1. The van der Waals surface area contributed by atoms with Crippen LogP contribution >= 0.6 is 11.3 Å². The van der Waals surface area contributed by atoms with E-state index >= 15 is 0 Å². The highest BCUT2D eigenvalue weighted by Gasteiger charge is 2.31. The number of aromatic amines is 1. The van der Waals surface area contributed by atoms with Crippen LogP contribution in [-0.4, -0.2) is 33.9 Å². The molecule has 0 fully saturated rings. The van der Waals surface area contributed by atoms with Gasteiger partial charge in [-0.25, -0.2) is 4.98 Å². The molecule has 3 heterocycles. The van der Waals surface area contributed by atoms with E-state index < -0.39 is 0 Å². The van der Waals surface area contributed by atoms with E-state index in [1.807, 2.05) is 23.1 Å². The Balaban J connectivity index is 1.26. The number of aryl methyl sites for hydroxylation is 2. The largest absolute Gasteiger partial charge is 0.339 e. The Morgan fingerprint density at radius 1 is 1.21 bits per heavy atom. The van der Waals surface area contributed by atoms with Gasteiger partial charge in [-0.05, 0) is 53.7 Å². The maximum atomic E-state index is 12.9. The molecule has 2 aromatic heterocycles. The van der Waals surface area contributed by atoms with Crippen LogP contribution in [0.15, 0.2) is 41.2 Å². The van der Waals surface area contributed by atoms with E-state index in [1.54, 1.807) is 11.3 Å². The summed E-state index contributed by atoms with van der Waals surface area (Å²) in [7, 11) is 0. The molecule has 5 rings (SSSR count). The zero-order valence-corrected chi connectivity index (χ0v) is 21.1. The second kappa shape index (κ2) is 9.14. The molecule has 1 aliphatic carbocycles. The molecule has 0 saturated heterocycles. The molecule has 5 nitrogen and oxygen atoms in total. The lowest BCUT2D eigenvalue weighted by Gasteiger charge is -2.33. The van der Waals surface area contributed by atoms with E-state index in [0.717, 1.165) is 42.4 Å². The minimum atomic E-state index is -0.0485. The number of nitrogens with one attached hydrogen (secondary N) is 1. The van der Waals surface area contributed by atoms with Crippen LogP contribution in [0.1, 0.15) is 61.9 Å². The fourth-order valence-electron chi connectivity index (χ4n) is 5.28. The first-order valence-corrected chi connectivity index (χ1v) is 13.2. The number of carbonyl (C=O) groups is 1. The molecule has 0 bridgehead atoms. The van der Waals surface area contributed by atoms with Gasteiger partial charge in [0.2, 0.25) is 5.91 Å². The fraction of sp³-hybridized carbons (Fsp3) is 0.464. The monoisotopic (exact) mass is 475 g/mol. The van der Waals surface area contributed by atoms with Gasteiger partial charge in [-0.2, -0.15) is 0 Å². The van der Waals surface area contributed by atoms with Gasteiger partial charge in [-0.1, -0.05) is 57.2 Å². The van der Waals surface area contributed by atoms with E-state index in [-0.39, 0.29) is 16.9 Å². The SMILES string of the molecule is CC(C)(C)[C@@H]1CCc2c(sc3nc(CCC(=O)N4CC=C(c5ccccc5)CC4)[nH]c(=O)c23)C1. The molecule has 34 heavy (non-hydrogen) atoms. The Kier molecular flexibility index (Phi) is 6.19. The number of hydrogen-bond acceptors (Lipinski definition) is 4. The summed E-state index contributed by atoms with van der Waals surface area (Å²) in [5, 5.41) is 0.775. The van der Waals surface area contributed by atoms with Crippen LogP contribution in [0.4, 0.5) is 0 Å². The lowest BCUT2D eigenvalue weighted by molar-refractivity contribution is -0.130. The highest BCUT2D eigenvalue weighted by Crippen LogP contribution is 2.42. The van der Waals surface area contributed by atoms with Crippen LogP contribution in [0.2, 0.25) is 0 Å². The predicted molar refractivity (Wildman–Crippen MR) is 139 cm³/mol. The molecule has 3 aromatic rings. The third kappa shape index (κ3) is 4.61. The van der Waals surface area contributed by atoms with Crippen molar-refractivity contribution in [3.8, 4) is 0 Å². The van der Waals surface area contributed by atoms with Crippen LogP contribution < -0.4 is 5.56 Å². The van der Waals surface area contributed by atoms with Crippen molar-refractivity contribution in [3.05, 3.63) is 68.6 Å². The number of fused-ring (bicyclic) bond motifs is 3. The second-order valence-corrected chi connectivity index (χ2v) is 11.8. The van der Waals surface area contributed by atoms with Gasteiger partial charge < -0.3 is 9.88 Å². The Hall–Kier alpha value is -2.73. The topological polar surface area (TPSA) is 66.1 Å². The molecular formula is C28H33N3O2S. The van der Waals surface area contributed by atoms with Gasteiger partial charge in [0.05, 0.1) is 5.39 Å². The van der Waals surface area contributed by atoms with Crippen LogP contribution in [0.5, 0.6) is 0 Å². The fourth-order valence-corrected chi connectivity index (χ4v) is 6.60. The van der Waals surface area contributed by atoms with Crippen molar-refractivity contribution in [2.75, 3.05) is 13.1 Å². The van der Waals surface area contributed by atoms with Crippen molar-refractivity contribution < 1.29 is 4.79 Å². The van der Waals surface area contributed by atoms with Gasteiger partial charge in [0, 0.05) is 30.8 Å². The Labute approximate surface area is 204 Å². The molecule has 0 unspecified atom stereocenters. The number of thiophene rings is 1. The molecule has 0 radical (unpaired) electrons. The van der Waals surface area contributed by atoms with Crippen molar-refractivity contribution in [1.29, 1.82) is 0 Å². The molecule has 0 spiro atoms. The van der Waals surface area contributed by atoms with Crippen LogP contribution in [0.3, 0.4) is 0 Å². The number of rotatable bonds is 4. The van der Waals surface area contributed by atoms with Crippen molar-refractivity contribution in [2.45, 2.75) is 59.3 Å². The average Bonchev–Trinajstić information content (AvgIpc) is 3.21. The number of benzene rings is 1. The maximum Gasteiger partial charge on any atom is 0.259 e. The van der Waals surface area contributed by atoms with Gasteiger partial charge in [0.15, 0.2) is 0 Å². The highest BCUT2D eigenvalue weighted by atomic mass is 32.1. The number of H-pyrrole nitrogens is 1. The van der Waals surface area contributed by atoms with E-state index in [0.29, 0.717) is 31.1 Å². The molecule has 0 saturated carbocycles. The summed E-state index contributed by atoms with van der Waals surface area (Å²) in [6.45, 7) is 8.28. The quantitative estimate of drug-likeness (QED) is 0.551. The number of hydrogen-bond donors (Lipinski definition) is 1. The normalized spacial score (nSPS) is 18.6. The van der Waals surface area contributed by atoms with E-state index in [2.05, 4.69) is 44.0 Å². The molecule has 1 atom stereocenters. The van der Waals surface area contributed by atoms with Crippen molar-refractivity contribution in [1.82, 2.24) is 14.9 Å². The summed E-state index contributed by atoms with van der Waals surface area (Å²) in [6.07, 6.45) is 6.95.